The summed E-state index contributed by atoms with van der Waals surface area (Å²) in [5.41, 5.74) is -0.609. The number of methoxy groups -OCH3 is 1. The summed E-state index contributed by atoms with van der Waals surface area (Å²) in [7, 11) is 1.56. The van der Waals surface area contributed by atoms with E-state index in [0.29, 0.717) is 18.2 Å². The second-order valence-corrected chi connectivity index (χ2v) is 4.99. The lowest BCUT2D eigenvalue weighted by Crippen LogP contribution is -2.39. The molecule has 2 rings (SSSR count). The third-order valence-corrected chi connectivity index (χ3v) is 2.73. The van der Waals surface area contributed by atoms with Crippen LogP contribution in [0.3, 0.4) is 0 Å². The molecule has 0 saturated carbocycles. The highest BCUT2D eigenvalue weighted by Gasteiger charge is 2.27. The van der Waals surface area contributed by atoms with Gasteiger partial charge in [-0.15, -0.1) is 0 Å². The normalized spacial score (nSPS) is 11.6. The third kappa shape index (κ3) is 3.24. The lowest BCUT2D eigenvalue weighted by atomic mass is 9.94. The second-order valence-electron chi connectivity index (χ2n) is 4.99. The maximum Gasteiger partial charge on any atom is 0.293 e. The van der Waals surface area contributed by atoms with E-state index in [4.69, 9.17) is 13.7 Å². The van der Waals surface area contributed by atoms with Gasteiger partial charge in [0.1, 0.15) is 0 Å². The number of carbonyl (C=O) groups is 1. The van der Waals surface area contributed by atoms with Crippen molar-refractivity contribution >= 4 is 5.91 Å². The van der Waals surface area contributed by atoms with Crippen molar-refractivity contribution in [2.45, 2.75) is 20.4 Å². The first-order chi connectivity index (χ1) is 9.53. The molecular formula is C13H17N3O4. The van der Waals surface area contributed by atoms with Crippen LogP contribution >= 0.6 is 0 Å². The lowest BCUT2D eigenvalue weighted by Gasteiger charge is -2.21. The zero-order chi connectivity index (χ0) is 14.6. The Hall–Kier alpha value is -2.15. The minimum Gasteiger partial charge on any atom is -0.459 e. The minimum atomic E-state index is -0.609. The summed E-state index contributed by atoms with van der Waals surface area (Å²) in [5.74, 6) is 1.03. The number of carbonyl (C=O) groups excluding carboxylic acids is 1. The number of furan rings is 1. The SMILES string of the molecule is COCC(C)(C)C(=O)NCc1noc(-c2ccco2)n1. The Bertz CT molecular complexity index is 560. The summed E-state index contributed by atoms with van der Waals surface area (Å²) in [5, 5.41) is 6.53. The van der Waals surface area contributed by atoms with Crippen molar-refractivity contribution < 1.29 is 18.5 Å². The summed E-state index contributed by atoms with van der Waals surface area (Å²) in [6.07, 6.45) is 1.52. The van der Waals surface area contributed by atoms with E-state index in [0.717, 1.165) is 0 Å². The molecule has 0 saturated heterocycles. The highest BCUT2D eigenvalue weighted by Crippen LogP contribution is 2.18. The Kier molecular flexibility index (Phi) is 4.19. The molecule has 0 atom stereocenters. The monoisotopic (exact) mass is 279 g/mol. The predicted octanol–water partition coefficient (Wildman–Crippen LogP) is 1.62. The first kappa shape index (κ1) is 14.3. The number of nitrogens with one attached hydrogen (secondary N) is 1. The van der Waals surface area contributed by atoms with E-state index in [9.17, 15) is 4.79 Å². The number of hydrogen-bond donors (Lipinski definition) is 1. The van der Waals surface area contributed by atoms with Gasteiger partial charge in [0.05, 0.1) is 24.8 Å². The molecule has 7 heteroatoms. The van der Waals surface area contributed by atoms with Crippen LogP contribution in [0.1, 0.15) is 19.7 Å². The number of rotatable bonds is 6. The van der Waals surface area contributed by atoms with Crippen LogP contribution in [0.4, 0.5) is 0 Å². The smallest absolute Gasteiger partial charge is 0.293 e. The van der Waals surface area contributed by atoms with E-state index in [1.54, 1.807) is 33.1 Å². The lowest BCUT2D eigenvalue weighted by molar-refractivity contribution is -0.132. The van der Waals surface area contributed by atoms with Crippen LogP contribution in [0, 0.1) is 5.41 Å². The molecule has 0 aliphatic heterocycles. The van der Waals surface area contributed by atoms with Gasteiger partial charge in [-0.2, -0.15) is 4.98 Å². The molecule has 1 amide bonds. The van der Waals surface area contributed by atoms with Crippen LogP contribution in [0.5, 0.6) is 0 Å². The zero-order valence-corrected chi connectivity index (χ0v) is 11.7. The molecule has 0 aliphatic carbocycles. The van der Waals surface area contributed by atoms with E-state index < -0.39 is 5.41 Å². The fourth-order valence-corrected chi connectivity index (χ4v) is 1.65. The van der Waals surface area contributed by atoms with Crippen molar-refractivity contribution in [2.75, 3.05) is 13.7 Å². The van der Waals surface area contributed by atoms with Crippen LogP contribution in [0.2, 0.25) is 0 Å². The zero-order valence-electron chi connectivity index (χ0n) is 11.7. The Morgan fingerprint density at radius 3 is 2.95 bits per heavy atom. The quantitative estimate of drug-likeness (QED) is 0.864. The molecule has 0 aromatic carbocycles. The maximum atomic E-state index is 12.0. The number of nitrogens with zero attached hydrogens (tertiary/aromatic N) is 2. The second kappa shape index (κ2) is 5.87. The fraction of sp³-hybridized carbons (Fsp3) is 0.462. The van der Waals surface area contributed by atoms with Gasteiger partial charge in [0.15, 0.2) is 11.6 Å². The average molecular weight is 279 g/mol. The summed E-state index contributed by atoms with van der Waals surface area (Å²) >= 11 is 0. The van der Waals surface area contributed by atoms with Gasteiger partial charge in [-0.05, 0) is 26.0 Å². The number of aromatic nitrogens is 2. The van der Waals surface area contributed by atoms with Gasteiger partial charge in [0.2, 0.25) is 5.91 Å². The molecule has 0 fully saturated rings. The third-order valence-electron chi connectivity index (χ3n) is 2.73. The van der Waals surface area contributed by atoms with Crippen molar-refractivity contribution in [2.24, 2.45) is 5.41 Å². The Morgan fingerprint density at radius 1 is 1.50 bits per heavy atom. The summed E-state index contributed by atoms with van der Waals surface area (Å²) in [6, 6.07) is 3.45. The van der Waals surface area contributed by atoms with Gasteiger partial charge in [-0.1, -0.05) is 5.16 Å². The average Bonchev–Trinajstić information content (AvgIpc) is 3.06. The van der Waals surface area contributed by atoms with Gasteiger partial charge in [0, 0.05) is 7.11 Å². The van der Waals surface area contributed by atoms with Crippen LogP contribution in [-0.2, 0) is 16.1 Å². The Balaban J connectivity index is 1.93. The molecule has 0 spiro atoms. The summed E-state index contributed by atoms with van der Waals surface area (Å²) in [6.45, 7) is 4.13. The van der Waals surface area contributed by atoms with E-state index >= 15 is 0 Å². The van der Waals surface area contributed by atoms with Crippen LogP contribution < -0.4 is 5.32 Å². The van der Waals surface area contributed by atoms with Gasteiger partial charge in [0.25, 0.3) is 5.89 Å². The largest absolute Gasteiger partial charge is 0.459 e. The van der Waals surface area contributed by atoms with Gasteiger partial charge in [-0.25, -0.2) is 0 Å². The number of amides is 1. The van der Waals surface area contributed by atoms with Crippen molar-refractivity contribution in [3.63, 3.8) is 0 Å². The van der Waals surface area contributed by atoms with Crippen molar-refractivity contribution in [3.8, 4) is 11.7 Å². The van der Waals surface area contributed by atoms with E-state index in [-0.39, 0.29) is 18.3 Å². The van der Waals surface area contributed by atoms with E-state index in [2.05, 4.69) is 15.5 Å². The van der Waals surface area contributed by atoms with E-state index in [1.807, 2.05) is 0 Å². The molecule has 2 heterocycles. The molecule has 7 nitrogen and oxygen atoms in total. The summed E-state index contributed by atoms with van der Waals surface area (Å²) in [4.78, 5) is 16.1. The highest BCUT2D eigenvalue weighted by atomic mass is 16.5. The van der Waals surface area contributed by atoms with Crippen LogP contribution in [0.25, 0.3) is 11.7 Å². The first-order valence-corrected chi connectivity index (χ1v) is 6.16. The van der Waals surface area contributed by atoms with Crippen LogP contribution in [-0.4, -0.2) is 29.8 Å². The van der Waals surface area contributed by atoms with Gasteiger partial charge >= 0.3 is 0 Å². The standard InChI is InChI=1S/C13H17N3O4/c1-13(2,8-18-3)12(17)14-7-10-15-11(20-16-10)9-5-4-6-19-9/h4-6H,7-8H2,1-3H3,(H,14,17). The van der Waals surface area contributed by atoms with Crippen LogP contribution in [0.15, 0.2) is 27.3 Å². The summed E-state index contributed by atoms with van der Waals surface area (Å²) < 4.78 is 15.2. The van der Waals surface area contributed by atoms with Crippen molar-refractivity contribution in [1.29, 1.82) is 0 Å². The molecule has 20 heavy (non-hydrogen) atoms. The van der Waals surface area contributed by atoms with Crippen molar-refractivity contribution in [3.05, 3.63) is 24.2 Å². The Labute approximate surface area is 116 Å². The highest BCUT2D eigenvalue weighted by molar-refractivity contribution is 5.81. The maximum absolute atomic E-state index is 12.0. The number of ether oxygens (including phenoxy) is 1. The molecule has 2 aromatic heterocycles. The molecule has 0 unspecified atom stereocenters. The molecular weight excluding hydrogens is 262 g/mol. The molecule has 1 N–H and O–H groups in total. The molecule has 2 aromatic rings. The predicted molar refractivity (Wildman–Crippen MR) is 69.5 cm³/mol. The number of hydrogen-bond acceptors (Lipinski definition) is 6. The van der Waals surface area contributed by atoms with E-state index in [1.165, 1.54) is 6.26 Å². The molecule has 0 aliphatic rings. The fourth-order valence-electron chi connectivity index (χ4n) is 1.65. The van der Waals surface area contributed by atoms with Gasteiger partial charge < -0.3 is 19.0 Å². The first-order valence-electron chi connectivity index (χ1n) is 6.16. The molecule has 0 radical (unpaired) electrons. The minimum absolute atomic E-state index is 0.135. The van der Waals surface area contributed by atoms with Crippen molar-refractivity contribution in [1.82, 2.24) is 15.5 Å². The molecule has 108 valence electrons. The van der Waals surface area contributed by atoms with Gasteiger partial charge in [-0.3, -0.25) is 4.79 Å². The Morgan fingerprint density at radius 2 is 2.30 bits per heavy atom. The molecule has 0 bridgehead atoms. The topological polar surface area (TPSA) is 90.4 Å².